The first-order chi connectivity index (χ1) is 12.3. The van der Waals surface area contributed by atoms with Crippen molar-refractivity contribution in [3.8, 4) is 0 Å². The summed E-state index contributed by atoms with van der Waals surface area (Å²) in [6.45, 7) is 2.62. The number of aryl methyl sites for hydroxylation is 1. The van der Waals surface area contributed by atoms with Gasteiger partial charge in [-0.3, -0.25) is 14.5 Å². The maximum atomic E-state index is 12.1. The summed E-state index contributed by atoms with van der Waals surface area (Å²) in [5, 5.41) is 6.35. The van der Waals surface area contributed by atoms with Gasteiger partial charge in [0.25, 0.3) is 0 Å². The van der Waals surface area contributed by atoms with Gasteiger partial charge in [-0.05, 0) is 55.4 Å². The van der Waals surface area contributed by atoms with Gasteiger partial charge in [-0.25, -0.2) is 0 Å². The summed E-state index contributed by atoms with van der Waals surface area (Å²) in [4.78, 5) is 25.8. The highest BCUT2D eigenvalue weighted by Gasteiger charge is 2.12. The van der Waals surface area contributed by atoms with Crippen molar-refractivity contribution < 1.29 is 9.59 Å². The molecule has 0 saturated heterocycles. The zero-order valence-electron chi connectivity index (χ0n) is 14.7. The predicted octanol–water partition coefficient (Wildman–Crippen LogP) is 3.60. The Labute approximate surface area is 166 Å². The van der Waals surface area contributed by atoms with Crippen molar-refractivity contribution in [2.75, 3.05) is 25.5 Å². The molecule has 138 valence electrons. The number of carbonyl (C=O) groups excluding carboxylic acids is 2. The molecule has 0 spiro atoms. The smallest absolute Gasteiger partial charge is 0.238 e. The van der Waals surface area contributed by atoms with E-state index in [1.807, 2.05) is 37.3 Å². The largest absolute Gasteiger partial charge is 0.351 e. The van der Waals surface area contributed by atoms with Crippen molar-refractivity contribution in [2.45, 2.75) is 13.5 Å². The van der Waals surface area contributed by atoms with E-state index in [9.17, 15) is 9.59 Å². The van der Waals surface area contributed by atoms with Crippen LogP contribution in [0.5, 0.6) is 0 Å². The Morgan fingerprint density at radius 3 is 2.38 bits per heavy atom. The number of halogens is 2. The van der Waals surface area contributed by atoms with E-state index in [0.717, 1.165) is 21.3 Å². The molecule has 0 aliphatic carbocycles. The van der Waals surface area contributed by atoms with E-state index in [1.165, 1.54) is 0 Å². The zero-order valence-corrected chi connectivity index (χ0v) is 17.0. The minimum Gasteiger partial charge on any atom is -0.351 e. The number of likely N-dealkylation sites (N-methyl/N-ethyl adjacent to an activating group) is 1. The van der Waals surface area contributed by atoms with Crippen LogP contribution in [-0.2, 0) is 16.1 Å². The third-order valence-corrected chi connectivity index (χ3v) is 4.44. The lowest BCUT2D eigenvalue weighted by Crippen LogP contribution is -2.38. The van der Waals surface area contributed by atoms with Gasteiger partial charge in [0.15, 0.2) is 0 Å². The number of nitrogens with zero attached hydrogens (tertiary/aromatic N) is 1. The Bertz CT molecular complexity index is 781. The fourth-order valence-corrected chi connectivity index (χ4v) is 2.96. The molecule has 2 amide bonds. The summed E-state index contributed by atoms with van der Waals surface area (Å²) in [5.74, 6) is -0.307. The molecule has 5 nitrogen and oxygen atoms in total. The highest BCUT2D eigenvalue weighted by molar-refractivity contribution is 9.10. The molecular formula is C19H21BrClN3O2. The van der Waals surface area contributed by atoms with Crippen LogP contribution in [0.2, 0.25) is 5.02 Å². The average Bonchev–Trinajstić information content (AvgIpc) is 2.56. The number of amides is 2. The van der Waals surface area contributed by atoms with E-state index >= 15 is 0 Å². The highest BCUT2D eigenvalue weighted by Crippen LogP contribution is 2.19. The monoisotopic (exact) mass is 437 g/mol. The van der Waals surface area contributed by atoms with E-state index in [1.54, 1.807) is 24.1 Å². The van der Waals surface area contributed by atoms with E-state index in [2.05, 4.69) is 26.6 Å². The molecule has 0 radical (unpaired) electrons. The van der Waals surface area contributed by atoms with E-state index in [-0.39, 0.29) is 24.9 Å². The topological polar surface area (TPSA) is 61.4 Å². The van der Waals surface area contributed by atoms with E-state index < -0.39 is 0 Å². The second-order valence-corrected chi connectivity index (χ2v) is 7.44. The minimum atomic E-state index is -0.163. The fraction of sp³-hybridized carbons (Fsp3) is 0.263. The molecule has 0 fully saturated rings. The molecule has 2 N–H and O–H groups in total. The van der Waals surface area contributed by atoms with Gasteiger partial charge in [0.2, 0.25) is 11.8 Å². The van der Waals surface area contributed by atoms with Gasteiger partial charge in [-0.2, -0.15) is 0 Å². The van der Waals surface area contributed by atoms with Crippen LogP contribution in [0.15, 0.2) is 46.9 Å². The first kappa shape index (κ1) is 20.4. The SMILES string of the molecule is Cc1cc(Br)ccc1NC(=O)CN(C)CC(=O)NCc1ccc(Cl)cc1. The number of hydrogen-bond donors (Lipinski definition) is 2. The first-order valence-electron chi connectivity index (χ1n) is 8.09. The van der Waals surface area contributed by atoms with Crippen molar-refractivity contribution >= 4 is 45.0 Å². The van der Waals surface area contributed by atoms with Crippen molar-refractivity contribution in [1.82, 2.24) is 10.2 Å². The Balaban J connectivity index is 1.76. The molecule has 2 aromatic carbocycles. The van der Waals surface area contributed by atoms with Crippen molar-refractivity contribution in [1.29, 1.82) is 0 Å². The summed E-state index contributed by atoms with van der Waals surface area (Å²) < 4.78 is 0.961. The number of nitrogens with one attached hydrogen (secondary N) is 2. The Hall–Kier alpha value is -1.89. The lowest BCUT2D eigenvalue weighted by Gasteiger charge is -2.16. The normalized spacial score (nSPS) is 10.7. The van der Waals surface area contributed by atoms with Gasteiger partial charge in [0.05, 0.1) is 13.1 Å². The number of rotatable bonds is 7. The maximum absolute atomic E-state index is 12.1. The summed E-state index contributed by atoms with van der Waals surface area (Å²) >= 11 is 9.23. The molecule has 0 bridgehead atoms. The molecule has 0 aliphatic heterocycles. The summed E-state index contributed by atoms with van der Waals surface area (Å²) in [7, 11) is 1.73. The molecule has 0 aliphatic rings. The molecule has 2 aromatic rings. The van der Waals surface area contributed by atoms with Crippen molar-refractivity contribution in [3.63, 3.8) is 0 Å². The Morgan fingerprint density at radius 2 is 1.73 bits per heavy atom. The van der Waals surface area contributed by atoms with Crippen LogP contribution in [0.4, 0.5) is 5.69 Å². The second-order valence-electron chi connectivity index (χ2n) is 6.08. The lowest BCUT2D eigenvalue weighted by molar-refractivity contribution is -0.123. The summed E-state index contributed by atoms with van der Waals surface area (Å²) in [5.41, 5.74) is 2.70. The molecule has 0 unspecified atom stereocenters. The number of hydrogen-bond acceptors (Lipinski definition) is 3. The second kappa shape index (κ2) is 9.71. The Morgan fingerprint density at radius 1 is 1.08 bits per heavy atom. The fourth-order valence-electron chi connectivity index (χ4n) is 2.36. The van der Waals surface area contributed by atoms with E-state index in [4.69, 9.17) is 11.6 Å². The van der Waals surface area contributed by atoms with Gasteiger partial charge < -0.3 is 10.6 Å². The van der Waals surface area contributed by atoms with Crippen LogP contribution in [0, 0.1) is 6.92 Å². The van der Waals surface area contributed by atoms with Crippen LogP contribution < -0.4 is 10.6 Å². The molecule has 2 rings (SSSR count). The van der Waals surface area contributed by atoms with Crippen LogP contribution in [-0.4, -0.2) is 36.9 Å². The molecule has 0 heterocycles. The maximum Gasteiger partial charge on any atom is 0.238 e. The minimum absolute atomic E-state index is 0.129. The number of benzene rings is 2. The first-order valence-corrected chi connectivity index (χ1v) is 9.26. The third kappa shape index (κ3) is 6.78. The standard InChI is InChI=1S/C19H21BrClN3O2/c1-13-9-15(20)5-8-17(13)23-19(26)12-24(2)11-18(25)22-10-14-3-6-16(21)7-4-14/h3-9H,10-12H2,1-2H3,(H,22,25)(H,23,26). The van der Waals surface area contributed by atoms with Gasteiger partial charge in [-0.1, -0.05) is 39.7 Å². The van der Waals surface area contributed by atoms with Crippen molar-refractivity contribution in [3.05, 3.63) is 63.1 Å². The van der Waals surface area contributed by atoms with E-state index in [0.29, 0.717) is 11.6 Å². The average molecular weight is 439 g/mol. The Kier molecular flexibility index (Phi) is 7.63. The molecule has 0 saturated carbocycles. The van der Waals surface area contributed by atoms with Gasteiger partial charge in [0, 0.05) is 21.7 Å². The van der Waals surface area contributed by atoms with Gasteiger partial charge in [-0.15, -0.1) is 0 Å². The van der Waals surface area contributed by atoms with Gasteiger partial charge >= 0.3 is 0 Å². The molecule has 26 heavy (non-hydrogen) atoms. The molecule has 7 heteroatoms. The summed E-state index contributed by atoms with van der Waals surface area (Å²) in [6, 6.07) is 12.9. The molecule has 0 atom stereocenters. The van der Waals surface area contributed by atoms with Crippen LogP contribution in [0.1, 0.15) is 11.1 Å². The zero-order chi connectivity index (χ0) is 19.1. The van der Waals surface area contributed by atoms with Crippen molar-refractivity contribution in [2.24, 2.45) is 0 Å². The molecule has 0 aromatic heterocycles. The summed E-state index contributed by atoms with van der Waals surface area (Å²) in [6.07, 6.45) is 0. The van der Waals surface area contributed by atoms with Crippen LogP contribution in [0.3, 0.4) is 0 Å². The highest BCUT2D eigenvalue weighted by atomic mass is 79.9. The third-order valence-electron chi connectivity index (χ3n) is 3.69. The quantitative estimate of drug-likeness (QED) is 0.694. The number of anilines is 1. The molecular weight excluding hydrogens is 418 g/mol. The predicted molar refractivity (Wildman–Crippen MR) is 108 cm³/mol. The van der Waals surface area contributed by atoms with Gasteiger partial charge in [0.1, 0.15) is 0 Å². The van der Waals surface area contributed by atoms with Crippen LogP contribution in [0.25, 0.3) is 0 Å². The lowest BCUT2D eigenvalue weighted by atomic mass is 10.2. The number of carbonyl (C=O) groups is 2. The van der Waals surface area contributed by atoms with Crippen LogP contribution >= 0.6 is 27.5 Å².